The summed E-state index contributed by atoms with van der Waals surface area (Å²) in [7, 11) is 0. The van der Waals surface area contributed by atoms with Crippen molar-refractivity contribution in [2.24, 2.45) is 5.73 Å². The van der Waals surface area contributed by atoms with Crippen molar-refractivity contribution in [2.75, 3.05) is 0 Å². The Hall–Kier alpha value is -1.51. The Morgan fingerprint density at radius 1 is 1.41 bits per heavy atom. The molecule has 0 radical (unpaired) electrons. The fourth-order valence-electron chi connectivity index (χ4n) is 1.90. The van der Waals surface area contributed by atoms with Crippen molar-refractivity contribution in [3.05, 3.63) is 29.3 Å². The summed E-state index contributed by atoms with van der Waals surface area (Å²) in [5.74, 6) is 1.38. The molecule has 0 heterocycles. The quantitative estimate of drug-likeness (QED) is 0.607. The number of benzene rings is 1. The Balaban J connectivity index is 2.87. The zero-order chi connectivity index (χ0) is 13.0. The smallest absolute Gasteiger partial charge is 0.155 e. The maximum atomic E-state index is 7.42. The van der Waals surface area contributed by atoms with E-state index >= 15 is 0 Å². The van der Waals surface area contributed by atoms with Crippen LogP contribution in [0.5, 0.6) is 5.75 Å². The number of hydrogen-bond donors (Lipinski definition) is 2. The molecule has 0 bridgehead atoms. The van der Waals surface area contributed by atoms with Crippen LogP contribution in [-0.2, 0) is 0 Å². The van der Waals surface area contributed by atoms with E-state index in [9.17, 15) is 0 Å². The molecule has 0 aliphatic heterocycles. The van der Waals surface area contributed by atoms with Crippen LogP contribution in [0.25, 0.3) is 0 Å². The summed E-state index contributed by atoms with van der Waals surface area (Å²) in [6.07, 6.45) is 0.389. The maximum Gasteiger partial charge on any atom is 0.155 e. The van der Waals surface area contributed by atoms with E-state index in [0.717, 1.165) is 5.75 Å². The van der Waals surface area contributed by atoms with Crippen LogP contribution in [-0.4, -0.2) is 11.9 Å². The summed E-state index contributed by atoms with van der Waals surface area (Å²) in [4.78, 5) is 0. The highest BCUT2D eigenvalue weighted by Gasteiger charge is 2.12. The summed E-state index contributed by atoms with van der Waals surface area (Å²) >= 11 is 0. The molecule has 94 valence electrons. The van der Waals surface area contributed by atoms with Crippen LogP contribution in [0, 0.1) is 12.3 Å². The normalized spacial score (nSPS) is 12.5. The molecule has 0 fully saturated rings. The molecule has 0 amide bonds. The molecular weight excluding hydrogens is 212 g/mol. The molecule has 0 aliphatic rings. The van der Waals surface area contributed by atoms with Crippen LogP contribution in [0.3, 0.4) is 0 Å². The van der Waals surface area contributed by atoms with Gasteiger partial charge in [-0.05, 0) is 42.5 Å². The van der Waals surface area contributed by atoms with Gasteiger partial charge in [0, 0.05) is 0 Å². The zero-order valence-electron chi connectivity index (χ0n) is 11.1. The van der Waals surface area contributed by atoms with E-state index in [1.54, 1.807) is 0 Å². The lowest BCUT2D eigenvalue weighted by atomic mass is 9.98. The third kappa shape index (κ3) is 3.48. The van der Waals surface area contributed by atoms with Gasteiger partial charge in [0.15, 0.2) is 6.10 Å². The Kier molecular flexibility index (Phi) is 4.55. The largest absolute Gasteiger partial charge is 0.483 e. The number of amidine groups is 1. The minimum absolute atomic E-state index is 0.0816. The lowest BCUT2D eigenvalue weighted by Gasteiger charge is -2.18. The van der Waals surface area contributed by atoms with Gasteiger partial charge in [-0.1, -0.05) is 26.8 Å². The van der Waals surface area contributed by atoms with Gasteiger partial charge in [0.25, 0.3) is 0 Å². The number of rotatable bonds is 5. The minimum atomic E-state index is -0.320. The van der Waals surface area contributed by atoms with Gasteiger partial charge in [0.2, 0.25) is 0 Å². The van der Waals surface area contributed by atoms with Gasteiger partial charge in [0.1, 0.15) is 11.6 Å². The molecule has 3 N–H and O–H groups in total. The molecule has 1 unspecified atom stereocenters. The maximum absolute atomic E-state index is 7.42. The SMILES string of the molecule is CCC(Oc1ccc(C(C)C)c(C)c1)C(=N)N. The fourth-order valence-corrected chi connectivity index (χ4v) is 1.90. The molecule has 1 aromatic rings. The van der Waals surface area contributed by atoms with Crippen LogP contribution >= 0.6 is 0 Å². The number of aryl methyl sites for hydroxylation is 1. The van der Waals surface area contributed by atoms with Crippen LogP contribution in [0.1, 0.15) is 44.2 Å². The third-order valence-electron chi connectivity index (χ3n) is 2.86. The molecule has 17 heavy (non-hydrogen) atoms. The van der Waals surface area contributed by atoms with Crippen molar-refractivity contribution >= 4 is 5.84 Å². The molecule has 0 aromatic heterocycles. The minimum Gasteiger partial charge on any atom is -0.483 e. The van der Waals surface area contributed by atoms with Crippen molar-refractivity contribution in [1.29, 1.82) is 5.41 Å². The highest BCUT2D eigenvalue weighted by atomic mass is 16.5. The Morgan fingerprint density at radius 3 is 2.47 bits per heavy atom. The van der Waals surface area contributed by atoms with Crippen LogP contribution in [0.2, 0.25) is 0 Å². The predicted octanol–water partition coefficient (Wildman–Crippen LogP) is 3.21. The third-order valence-corrected chi connectivity index (χ3v) is 2.86. The molecule has 3 heteroatoms. The van der Waals surface area contributed by atoms with Gasteiger partial charge in [0.05, 0.1) is 0 Å². The van der Waals surface area contributed by atoms with Crippen molar-refractivity contribution in [3.63, 3.8) is 0 Å². The van der Waals surface area contributed by atoms with Crippen LogP contribution in [0.4, 0.5) is 0 Å². The van der Waals surface area contributed by atoms with E-state index in [2.05, 4.69) is 26.8 Å². The average Bonchev–Trinajstić information content (AvgIpc) is 2.24. The van der Waals surface area contributed by atoms with Crippen LogP contribution < -0.4 is 10.5 Å². The number of nitrogens with one attached hydrogen (secondary N) is 1. The molecule has 3 nitrogen and oxygen atoms in total. The molecule has 0 spiro atoms. The van der Waals surface area contributed by atoms with E-state index < -0.39 is 0 Å². The first-order chi connectivity index (χ1) is 7.95. The van der Waals surface area contributed by atoms with Gasteiger partial charge in [-0.3, -0.25) is 5.41 Å². The zero-order valence-corrected chi connectivity index (χ0v) is 11.1. The fraction of sp³-hybridized carbons (Fsp3) is 0.500. The van der Waals surface area contributed by atoms with Gasteiger partial charge < -0.3 is 10.5 Å². The van der Waals surface area contributed by atoms with Crippen molar-refractivity contribution in [2.45, 2.75) is 46.1 Å². The highest BCUT2D eigenvalue weighted by Crippen LogP contribution is 2.24. The predicted molar refractivity (Wildman–Crippen MR) is 71.9 cm³/mol. The van der Waals surface area contributed by atoms with Gasteiger partial charge in [-0.25, -0.2) is 0 Å². The molecule has 1 atom stereocenters. The van der Waals surface area contributed by atoms with Gasteiger partial charge >= 0.3 is 0 Å². The average molecular weight is 234 g/mol. The number of nitrogens with two attached hydrogens (primary N) is 1. The van der Waals surface area contributed by atoms with E-state index in [-0.39, 0.29) is 11.9 Å². The summed E-state index contributed by atoms with van der Waals surface area (Å²) in [5, 5.41) is 7.42. The summed E-state index contributed by atoms with van der Waals surface area (Å²) < 4.78 is 5.69. The molecule has 0 saturated heterocycles. The van der Waals surface area contributed by atoms with E-state index in [1.165, 1.54) is 11.1 Å². The summed E-state index contributed by atoms with van der Waals surface area (Å²) in [5.41, 5.74) is 8.02. The van der Waals surface area contributed by atoms with Crippen molar-refractivity contribution < 1.29 is 4.74 Å². The van der Waals surface area contributed by atoms with Crippen LogP contribution in [0.15, 0.2) is 18.2 Å². The first-order valence-electron chi connectivity index (χ1n) is 6.06. The van der Waals surface area contributed by atoms with E-state index in [0.29, 0.717) is 12.3 Å². The highest BCUT2D eigenvalue weighted by molar-refractivity contribution is 5.82. The lowest BCUT2D eigenvalue weighted by molar-refractivity contribution is 0.260. The van der Waals surface area contributed by atoms with E-state index in [1.807, 2.05) is 19.1 Å². The van der Waals surface area contributed by atoms with E-state index in [4.69, 9.17) is 15.9 Å². The molecule has 1 rings (SSSR count). The second-order valence-electron chi connectivity index (χ2n) is 4.64. The lowest BCUT2D eigenvalue weighted by Crippen LogP contribution is -2.32. The van der Waals surface area contributed by atoms with Gasteiger partial charge in [-0.2, -0.15) is 0 Å². The molecular formula is C14H22N2O. The Labute approximate surface area is 103 Å². The van der Waals surface area contributed by atoms with Crippen molar-refractivity contribution in [3.8, 4) is 5.75 Å². The van der Waals surface area contributed by atoms with Gasteiger partial charge in [-0.15, -0.1) is 0 Å². The molecule has 1 aromatic carbocycles. The topological polar surface area (TPSA) is 59.1 Å². The second-order valence-corrected chi connectivity index (χ2v) is 4.64. The standard InChI is InChI=1S/C14H22N2O/c1-5-13(14(15)16)17-11-6-7-12(9(2)3)10(4)8-11/h6-9,13H,5H2,1-4H3,(H3,15,16). The first-order valence-corrected chi connectivity index (χ1v) is 6.06. The number of ether oxygens (including phenoxy) is 1. The molecule has 0 aliphatic carbocycles. The number of hydrogen-bond acceptors (Lipinski definition) is 2. The first kappa shape index (κ1) is 13.6. The Bertz CT molecular complexity index is 399. The Morgan fingerprint density at radius 2 is 2.06 bits per heavy atom. The second kappa shape index (κ2) is 5.71. The molecule has 0 saturated carbocycles. The van der Waals surface area contributed by atoms with Crippen molar-refractivity contribution in [1.82, 2.24) is 0 Å². The monoisotopic (exact) mass is 234 g/mol. The summed E-state index contributed by atoms with van der Waals surface area (Å²) in [6, 6.07) is 6.05. The summed E-state index contributed by atoms with van der Waals surface area (Å²) in [6.45, 7) is 8.39.